The summed E-state index contributed by atoms with van der Waals surface area (Å²) >= 11 is 0.558. The third-order valence-electron chi connectivity index (χ3n) is 1.50. The van der Waals surface area contributed by atoms with E-state index in [1.54, 1.807) is 0 Å². The van der Waals surface area contributed by atoms with Crippen LogP contribution in [0.1, 0.15) is 20.0 Å². The smallest absolute Gasteiger partial charge is 0.455 e. The fourth-order valence-electron chi connectivity index (χ4n) is 0.820. The monoisotopic (exact) mass is 238 g/mol. The minimum atomic E-state index is -4.92. The average molecular weight is 238 g/mol. The second kappa shape index (κ2) is 4.01. The topological polar surface area (TPSA) is 43.4 Å². The first kappa shape index (κ1) is 11.7. The molecule has 0 N–H and O–H groups in total. The molecule has 0 saturated carbocycles. The van der Waals surface area contributed by atoms with Gasteiger partial charge in [-0.1, -0.05) is 0 Å². The molecule has 0 aliphatic heterocycles. The number of carbonyl (C=O) groups excluding carboxylic acids is 2. The summed E-state index contributed by atoms with van der Waals surface area (Å²) in [4.78, 5) is 21.1. The normalized spacial score (nSPS) is 11.2. The molecule has 0 bridgehead atoms. The van der Waals surface area contributed by atoms with Gasteiger partial charge >= 0.3 is 12.1 Å². The molecule has 1 aromatic heterocycles. The zero-order chi connectivity index (χ0) is 11.6. The lowest BCUT2D eigenvalue weighted by molar-refractivity contribution is -0.0882. The Morgan fingerprint density at radius 1 is 1.40 bits per heavy atom. The second-order valence-electron chi connectivity index (χ2n) is 2.52. The molecule has 0 spiro atoms. The third-order valence-corrected chi connectivity index (χ3v) is 2.43. The highest BCUT2D eigenvalue weighted by atomic mass is 32.1. The number of carbonyl (C=O) groups is 2. The van der Waals surface area contributed by atoms with Crippen LogP contribution in [-0.2, 0) is 4.74 Å². The van der Waals surface area contributed by atoms with Crippen LogP contribution < -0.4 is 0 Å². The number of ketones is 1. The summed E-state index contributed by atoms with van der Waals surface area (Å²) in [6.45, 7) is 0. The van der Waals surface area contributed by atoms with E-state index in [-0.39, 0.29) is 5.56 Å². The summed E-state index contributed by atoms with van der Waals surface area (Å²) in [6, 6.07) is 0.867. The molecule has 0 atom stereocenters. The Bertz CT molecular complexity index is 394. The molecule has 3 nitrogen and oxygen atoms in total. The zero-order valence-corrected chi connectivity index (χ0v) is 8.24. The van der Waals surface area contributed by atoms with Gasteiger partial charge in [-0.2, -0.15) is 13.2 Å². The van der Waals surface area contributed by atoms with Crippen molar-refractivity contribution in [2.24, 2.45) is 0 Å². The first-order chi connectivity index (χ1) is 6.86. The Hall–Kier alpha value is -1.37. The first-order valence-electron chi connectivity index (χ1n) is 3.64. The van der Waals surface area contributed by atoms with Gasteiger partial charge in [0.1, 0.15) is 0 Å². The Kier molecular flexibility index (Phi) is 3.13. The predicted octanol–water partition coefficient (Wildman–Crippen LogP) is 2.28. The van der Waals surface area contributed by atoms with Crippen LogP contribution in [-0.4, -0.2) is 25.0 Å². The largest absolute Gasteiger partial charge is 0.465 e. The van der Waals surface area contributed by atoms with Gasteiger partial charge in [0, 0.05) is 5.38 Å². The Morgan fingerprint density at radius 3 is 2.47 bits per heavy atom. The van der Waals surface area contributed by atoms with Crippen LogP contribution in [0, 0.1) is 0 Å². The number of methoxy groups -OCH3 is 1. The van der Waals surface area contributed by atoms with Gasteiger partial charge in [-0.15, -0.1) is 11.3 Å². The lowest BCUT2D eigenvalue weighted by atomic mass is 10.2. The van der Waals surface area contributed by atoms with E-state index in [0.717, 1.165) is 18.6 Å². The summed E-state index contributed by atoms with van der Waals surface area (Å²) < 4.78 is 40.2. The zero-order valence-electron chi connectivity index (χ0n) is 7.42. The van der Waals surface area contributed by atoms with Crippen LogP contribution in [0.25, 0.3) is 0 Å². The molecule has 0 aliphatic carbocycles. The Morgan fingerprint density at radius 2 is 2.00 bits per heavy atom. The van der Waals surface area contributed by atoms with E-state index < -0.39 is 22.8 Å². The van der Waals surface area contributed by atoms with E-state index >= 15 is 0 Å². The van der Waals surface area contributed by atoms with Crippen molar-refractivity contribution in [2.45, 2.75) is 6.18 Å². The SMILES string of the molecule is COC(=O)c1csc(C(=O)C(F)(F)F)c1. The molecular weight excluding hydrogens is 233 g/mol. The highest BCUT2D eigenvalue weighted by Gasteiger charge is 2.40. The summed E-state index contributed by atoms with van der Waals surface area (Å²) in [5.74, 6) is -2.73. The number of thiophene rings is 1. The molecule has 0 radical (unpaired) electrons. The van der Waals surface area contributed by atoms with Gasteiger partial charge < -0.3 is 4.74 Å². The Balaban J connectivity index is 2.95. The number of rotatable bonds is 2. The molecule has 0 saturated heterocycles. The maximum Gasteiger partial charge on any atom is 0.455 e. The average Bonchev–Trinajstić information content (AvgIpc) is 2.62. The summed E-state index contributed by atoms with van der Waals surface area (Å²) in [5.41, 5.74) is -0.0601. The van der Waals surface area contributed by atoms with Crippen molar-refractivity contribution in [3.05, 3.63) is 21.9 Å². The van der Waals surface area contributed by atoms with E-state index in [1.165, 1.54) is 0 Å². The third kappa shape index (κ3) is 2.56. The van der Waals surface area contributed by atoms with Crippen molar-refractivity contribution in [2.75, 3.05) is 7.11 Å². The quantitative estimate of drug-likeness (QED) is 0.586. The predicted molar refractivity (Wildman–Crippen MR) is 46.0 cm³/mol. The van der Waals surface area contributed by atoms with Crippen LogP contribution in [0.4, 0.5) is 13.2 Å². The van der Waals surface area contributed by atoms with Crippen LogP contribution in [0.15, 0.2) is 11.4 Å². The van der Waals surface area contributed by atoms with Gasteiger partial charge in [0.15, 0.2) is 0 Å². The van der Waals surface area contributed by atoms with E-state index in [2.05, 4.69) is 4.74 Å². The fraction of sp³-hybridized carbons (Fsp3) is 0.250. The van der Waals surface area contributed by atoms with E-state index in [1.807, 2.05) is 0 Å². The van der Waals surface area contributed by atoms with Gasteiger partial charge in [0.2, 0.25) is 0 Å². The first-order valence-corrected chi connectivity index (χ1v) is 4.52. The van der Waals surface area contributed by atoms with Gasteiger partial charge in [-0.25, -0.2) is 4.79 Å². The molecule has 0 aliphatic rings. The van der Waals surface area contributed by atoms with Crippen LogP contribution in [0.2, 0.25) is 0 Å². The van der Waals surface area contributed by atoms with Crippen LogP contribution >= 0.6 is 11.3 Å². The molecule has 82 valence electrons. The number of hydrogen-bond acceptors (Lipinski definition) is 4. The number of esters is 1. The molecule has 0 unspecified atom stereocenters. The standard InChI is InChI=1S/C8H5F3O3S/c1-14-7(13)4-2-5(15-3-4)6(12)8(9,10)11/h2-3H,1H3. The molecule has 0 aromatic carbocycles. The molecule has 7 heteroatoms. The van der Waals surface area contributed by atoms with E-state index in [9.17, 15) is 22.8 Å². The minimum Gasteiger partial charge on any atom is -0.465 e. The van der Waals surface area contributed by atoms with Gasteiger partial charge in [0.25, 0.3) is 5.78 Å². The maximum atomic E-state index is 12.0. The highest BCUT2D eigenvalue weighted by molar-refractivity contribution is 7.12. The van der Waals surface area contributed by atoms with Crippen molar-refractivity contribution < 1.29 is 27.5 Å². The number of ether oxygens (including phenoxy) is 1. The molecule has 1 heterocycles. The van der Waals surface area contributed by atoms with Crippen molar-refractivity contribution >= 4 is 23.1 Å². The summed E-state index contributed by atoms with van der Waals surface area (Å²) in [5, 5.41) is 1.14. The fourth-order valence-corrected chi connectivity index (χ4v) is 1.66. The van der Waals surface area contributed by atoms with E-state index in [4.69, 9.17) is 0 Å². The molecular formula is C8H5F3O3S. The maximum absolute atomic E-state index is 12.0. The number of alkyl halides is 3. The van der Waals surface area contributed by atoms with Gasteiger partial charge in [-0.05, 0) is 6.07 Å². The molecule has 15 heavy (non-hydrogen) atoms. The molecule has 0 fully saturated rings. The van der Waals surface area contributed by atoms with Crippen molar-refractivity contribution in [3.63, 3.8) is 0 Å². The number of hydrogen-bond donors (Lipinski definition) is 0. The lowest BCUT2D eigenvalue weighted by Crippen LogP contribution is -2.21. The molecule has 0 amide bonds. The van der Waals surface area contributed by atoms with E-state index in [0.29, 0.717) is 11.3 Å². The summed E-state index contributed by atoms with van der Waals surface area (Å²) in [7, 11) is 1.10. The van der Waals surface area contributed by atoms with Crippen LogP contribution in [0.3, 0.4) is 0 Å². The number of Topliss-reactive ketones (excluding diaryl/α,β-unsaturated/α-hetero) is 1. The summed E-state index contributed by atoms with van der Waals surface area (Å²) in [6.07, 6.45) is -4.92. The van der Waals surface area contributed by atoms with Crippen molar-refractivity contribution in [3.8, 4) is 0 Å². The van der Waals surface area contributed by atoms with Gasteiger partial charge in [-0.3, -0.25) is 4.79 Å². The van der Waals surface area contributed by atoms with Crippen molar-refractivity contribution in [1.82, 2.24) is 0 Å². The lowest BCUT2D eigenvalue weighted by Gasteiger charge is -2.01. The molecule has 1 aromatic rings. The van der Waals surface area contributed by atoms with Crippen molar-refractivity contribution in [1.29, 1.82) is 0 Å². The van der Waals surface area contributed by atoms with Crippen LogP contribution in [0.5, 0.6) is 0 Å². The highest BCUT2D eigenvalue weighted by Crippen LogP contribution is 2.25. The minimum absolute atomic E-state index is 0.0601. The second-order valence-corrected chi connectivity index (χ2v) is 3.43. The Labute approximate surface area is 86.5 Å². The molecule has 1 rings (SSSR count). The van der Waals surface area contributed by atoms with Gasteiger partial charge in [0.05, 0.1) is 17.6 Å². The number of halogens is 3.